The minimum atomic E-state index is -3.76. The van der Waals surface area contributed by atoms with Crippen molar-refractivity contribution >= 4 is 59.9 Å². The minimum absolute atomic E-state index is 0.117. The fourth-order valence-corrected chi connectivity index (χ4v) is 6.82. The van der Waals surface area contributed by atoms with E-state index in [-0.39, 0.29) is 10.8 Å². The Bertz CT molecular complexity index is 1620. The number of nitrogens with zero attached hydrogens (tertiary/aromatic N) is 3. The van der Waals surface area contributed by atoms with Crippen LogP contribution in [0.3, 0.4) is 0 Å². The molecular formula is C28H30ClN5O5S2. The van der Waals surface area contributed by atoms with E-state index in [9.17, 15) is 13.2 Å². The summed E-state index contributed by atoms with van der Waals surface area (Å²) in [5, 5.41) is 4.45. The number of aromatic nitrogens is 1. The Morgan fingerprint density at radius 3 is 2.34 bits per heavy atom. The lowest BCUT2D eigenvalue weighted by Gasteiger charge is -2.34. The zero-order valence-corrected chi connectivity index (χ0v) is 25.0. The van der Waals surface area contributed by atoms with Crippen LogP contribution in [0.5, 0.6) is 11.5 Å². The number of hydrogen-bond acceptors (Lipinski definition) is 9. The molecule has 1 aliphatic heterocycles. The van der Waals surface area contributed by atoms with Gasteiger partial charge in [-0.15, -0.1) is 0 Å². The Morgan fingerprint density at radius 2 is 1.68 bits per heavy atom. The van der Waals surface area contributed by atoms with Crippen LogP contribution in [-0.4, -0.2) is 77.7 Å². The van der Waals surface area contributed by atoms with E-state index in [1.54, 1.807) is 54.8 Å². The van der Waals surface area contributed by atoms with E-state index in [0.29, 0.717) is 34.3 Å². The molecule has 0 spiro atoms. The summed E-state index contributed by atoms with van der Waals surface area (Å²) in [6.07, 6.45) is 0. The van der Waals surface area contributed by atoms with Gasteiger partial charge in [-0.2, -0.15) is 0 Å². The van der Waals surface area contributed by atoms with Gasteiger partial charge in [-0.1, -0.05) is 22.9 Å². The highest BCUT2D eigenvalue weighted by Gasteiger charge is 2.21. The smallest absolute Gasteiger partial charge is 0.261 e. The highest BCUT2D eigenvalue weighted by molar-refractivity contribution is 7.92. The molecule has 216 valence electrons. The normalized spacial score (nSPS) is 14.2. The topological polar surface area (TPSA) is 113 Å². The van der Waals surface area contributed by atoms with Crippen LogP contribution in [0, 0.1) is 0 Å². The van der Waals surface area contributed by atoms with Crippen LogP contribution in [0.2, 0.25) is 5.02 Å². The Balaban J connectivity index is 1.08. The molecule has 0 aliphatic carbocycles. The third kappa shape index (κ3) is 6.67. The number of hydrogen-bond donors (Lipinski definition) is 2. The highest BCUT2D eigenvalue weighted by Crippen LogP contribution is 2.38. The fourth-order valence-electron chi connectivity index (χ4n) is 4.51. The zero-order valence-electron chi connectivity index (χ0n) is 22.6. The number of halogens is 1. The number of rotatable bonds is 10. The molecule has 0 atom stereocenters. The molecule has 0 radical (unpaired) electrons. The number of methoxy groups -OCH3 is 2. The molecule has 1 fully saturated rings. The molecular weight excluding hydrogens is 586 g/mol. The zero-order chi connectivity index (χ0) is 29.0. The Morgan fingerprint density at radius 1 is 0.976 bits per heavy atom. The first-order valence-corrected chi connectivity index (χ1v) is 15.6. The maximum Gasteiger partial charge on any atom is 0.261 e. The van der Waals surface area contributed by atoms with Crippen molar-refractivity contribution in [2.45, 2.75) is 4.90 Å². The number of benzene rings is 3. The summed E-state index contributed by atoms with van der Waals surface area (Å²) in [4.78, 5) is 22.1. The number of sulfonamides is 1. The summed E-state index contributed by atoms with van der Waals surface area (Å²) in [5.74, 6) is 0.958. The molecule has 2 heterocycles. The van der Waals surface area contributed by atoms with Gasteiger partial charge < -0.3 is 19.7 Å². The van der Waals surface area contributed by atoms with Gasteiger partial charge >= 0.3 is 0 Å². The summed E-state index contributed by atoms with van der Waals surface area (Å²) in [7, 11) is -0.647. The van der Waals surface area contributed by atoms with Gasteiger partial charge in [0.15, 0.2) is 10.9 Å². The second-order valence-electron chi connectivity index (χ2n) is 9.37. The lowest BCUT2D eigenvalue weighted by atomic mass is 10.2. The molecule has 2 N–H and O–H groups in total. The maximum atomic E-state index is 12.6. The average molecular weight is 616 g/mol. The molecule has 10 nitrogen and oxygen atoms in total. The third-order valence-electron chi connectivity index (χ3n) is 6.78. The summed E-state index contributed by atoms with van der Waals surface area (Å²) in [6.45, 7) is 4.60. The maximum absolute atomic E-state index is 12.6. The number of piperazine rings is 1. The number of thiazole rings is 1. The lowest BCUT2D eigenvalue weighted by molar-refractivity contribution is 0.0948. The van der Waals surface area contributed by atoms with Gasteiger partial charge in [-0.05, 0) is 60.7 Å². The van der Waals surface area contributed by atoms with Crippen LogP contribution in [-0.2, 0) is 10.0 Å². The van der Waals surface area contributed by atoms with Crippen molar-refractivity contribution in [3.8, 4) is 11.5 Å². The Hall–Kier alpha value is -3.58. The van der Waals surface area contributed by atoms with E-state index in [2.05, 4.69) is 19.8 Å². The molecule has 5 rings (SSSR count). The number of fused-ring (bicyclic) bond motifs is 1. The summed E-state index contributed by atoms with van der Waals surface area (Å²) >= 11 is 7.87. The van der Waals surface area contributed by atoms with Crippen LogP contribution in [0.25, 0.3) is 10.2 Å². The summed E-state index contributed by atoms with van der Waals surface area (Å²) in [5.41, 5.74) is 1.60. The largest absolute Gasteiger partial charge is 0.497 e. The molecule has 1 saturated heterocycles. The molecule has 0 saturated carbocycles. The second kappa shape index (κ2) is 12.5. The Labute approximate surface area is 247 Å². The first-order chi connectivity index (χ1) is 19.8. The molecule has 41 heavy (non-hydrogen) atoms. The second-order valence-corrected chi connectivity index (χ2v) is 12.5. The van der Waals surface area contributed by atoms with Gasteiger partial charge in [0.2, 0.25) is 0 Å². The molecule has 4 aromatic rings. The van der Waals surface area contributed by atoms with Gasteiger partial charge in [0.05, 0.1) is 28.8 Å². The first-order valence-electron chi connectivity index (χ1n) is 12.9. The van der Waals surface area contributed by atoms with Gasteiger partial charge in [0.25, 0.3) is 15.9 Å². The van der Waals surface area contributed by atoms with Crippen LogP contribution >= 0.6 is 22.9 Å². The van der Waals surface area contributed by atoms with Crippen molar-refractivity contribution < 1.29 is 22.7 Å². The van der Waals surface area contributed by atoms with Crippen molar-refractivity contribution in [2.24, 2.45) is 0 Å². The van der Waals surface area contributed by atoms with E-state index in [1.807, 2.05) is 12.1 Å². The summed E-state index contributed by atoms with van der Waals surface area (Å²) in [6, 6.07) is 16.2. The van der Waals surface area contributed by atoms with Crippen LogP contribution in [0.1, 0.15) is 10.4 Å². The third-order valence-corrected chi connectivity index (χ3v) is 9.56. The standard InChI is InChI=1S/C28H30ClN5O5S2/c1-38-21-7-9-22(10-8-21)41(36,37)32-20-5-3-19(4-6-20)27(35)30-13-14-33-15-17-34(18-16-33)28-31-25-24(40-28)12-11-23(29)26(25)39-2/h3-12,32H,13-18H2,1-2H3,(H,30,35). The predicted molar refractivity (Wildman–Crippen MR) is 162 cm³/mol. The minimum Gasteiger partial charge on any atom is -0.497 e. The van der Waals surface area contributed by atoms with Gasteiger partial charge in [-0.25, -0.2) is 13.4 Å². The molecule has 1 aromatic heterocycles. The van der Waals surface area contributed by atoms with Gasteiger partial charge in [-0.3, -0.25) is 14.4 Å². The van der Waals surface area contributed by atoms with Crippen molar-refractivity contribution in [3.63, 3.8) is 0 Å². The van der Waals surface area contributed by atoms with E-state index in [4.69, 9.17) is 26.1 Å². The number of anilines is 2. The van der Waals surface area contributed by atoms with E-state index >= 15 is 0 Å². The molecule has 1 amide bonds. The van der Waals surface area contributed by atoms with Crippen LogP contribution in [0.15, 0.2) is 65.6 Å². The average Bonchev–Trinajstić information content (AvgIpc) is 3.42. The highest BCUT2D eigenvalue weighted by atomic mass is 35.5. The number of carbonyl (C=O) groups is 1. The summed E-state index contributed by atoms with van der Waals surface area (Å²) < 4.78 is 39.4. The van der Waals surface area contributed by atoms with Crippen molar-refractivity contribution in [1.29, 1.82) is 0 Å². The molecule has 0 unspecified atom stereocenters. The molecule has 1 aliphatic rings. The quantitative estimate of drug-likeness (QED) is 0.271. The monoisotopic (exact) mass is 615 g/mol. The van der Waals surface area contributed by atoms with E-state index in [1.165, 1.54) is 19.2 Å². The first kappa shape index (κ1) is 28.9. The molecule has 3 aromatic carbocycles. The number of carbonyl (C=O) groups excluding carboxylic acids is 1. The predicted octanol–water partition coefficient (Wildman–Crippen LogP) is 4.32. The van der Waals surface area contributed by atoms with Crippen LogP contribution in [0.4, 0.5) is 10.8 Å². The molecule has 0 bridgehead atoms. The number of ether oxygens (including phenoxy) is 2. The van der Waals surface area contributed by atoms with Gasteiger partial charge in [0, 0.05) is 50.5 Å². The van der Waals surface area contributed by atoms with Crippen molar-refractivity contribution in [3.05, 3.63) is 71.2 Å². The van der Waals surface area contributed by atoms with E-state index in [0.717, 1.165) is 48.1 Å². The number of nitrogens with one attached hydrogen (secondary N) is 2. The molecule has 13 heteroatoms. The van der Waals surface area contributed by atoms with Crippen molar-refractivity contribution in [2.75, 3.05) is 63.1 Å². The SMILES string of the molecule is COc1ccc(S(=O)(=O)Nc2ccc(C(=O)NCCN3CCN(c4nc5c(OC)c(Cl)ccc5s4)CC3)cc2)cc1. The lowest BCUT2D eigenvalue weighted by Crippen LogP contribution is -2.48. The van der Waals surface area contributed by atoms with E-state index < -0.39 is 10.0 Å². The Kier molecular flexibility index (Phi) is 8.83. The van der Waals surface area contributed by atoms with Crippen LogP contribution < -0.4 is 24.4 Å². The van der Waals surface area contributed by atoms with Crippen molar-refractivity contribution in [1.82, 2.24) is 15.2 Å². The number of amides is 1. The van der Waals surface area contributed by atoms with Gasteiger partial charge in [0.1, 0.15) is 11.3 Å². The fraction of sp³-hybridized carbons (Fsp3) is 0.286.